The number of aromatic nitrogens is 1. The second kappa shape index (κ2) is 5.65. The molecule has 0 fully saturated rings. The molecule has 0 unspecified atom stereocenters. The highest BCUT2D eigenvalue weighted by Gasteiger charge is 2.09. The average Bonchev–Trinajstić information content (AvgIpc) is 2.96. The van der Waals surface area contributed by atoms with Gasteiger partial charge in [-0.1, -0.05) is 30.3 Å². The molecule has 0 aliphatic rings. The predicted molar refractivity (Wildman–Crippen MR) is 84.8 cm³/mol. The van der Waals surface area contributed by atoms with Crippen molar-refractivity contribution in [1.29, 1.82) is 0 Å². The largest absolute Gasteiger partial charge is 0.361 e. The molecule has 0 saturated heterocycles. The topological polar surface area (TPSA) is 76.0 Å². The Labute approximate surface area is 126 Å². The lowest BCUT2D eigenvalue weighted by molar-refractivity contribution is -0.384. The zero-order chi connectivity index (χ0) is 15.5. The SMILES string of the molecule is O=C(/C=C/c1c[nH]c2ccccc12)c1cccc([N+](=O)[O-])c1. The molecule has 5 nitrogen and oxygen atoms in total. The first-order valence-electron chi connectivity index (χ1n) is 6.68. The molecule has 0 radical (unpaired) electrons. The number of nitrogens with zero attached hydrogens (tertiary/aromatic N) is 1. The van der Waals surface area contributed by atoms with Gasteiger partial charge < -0.3 is 4.98 Å². The summed E-state index contributed by atoms with van der Waals surface area (Å²) in [6.07, 6.45) is 4.95. The number of non-ortho nitro benzene ring substituents is 1. The van der Waals surface area contributed by atoms with E-state index in [1.54, 1.807) is 12.1 Å². The molecule has 0 aliphatic heterocycles. The number of hydrogen-bond acceptors (Lipinski definition) is 3. The summed E-state index contributed by atoms with van der Waals surface area (Å²) >= 11 is 0. The number of ketones is 1. The van der Waals surface area contributed by atoms with Crippen molar-refractivity contribution in [3.8, 4) is 0 Å². The van der Waals surface area contributed by atoms with E-state index < -0.39 is 4.92 Å². The minimum absolute atomic E-state index is 0.0913. The number of nitro benzene ring substituents is 1. The van der Waals surface area contributed by atoms with Crippen molar-refractivity contribution in [2.45, 2.75) is 0 Å². The Bertz CT molecular complexity index is 894. The van der Waals surface area contributed by atoms with Crippen molar-refractivity contribution in [3.63, 3.8) is 0 Å². The van der Waals surface area contributed by atoms with Crippen LogP contribution in [0.15, 0.2) is 60.8 Å². The van der Waals surface area contributed by atoms with Gasteiger partial charge >= 0.3 is 0 Å². The highest BCUT2D eigenvalue weighted by atomic mass is 16.6. The van der Waals surface area contributed by atoms with Crippen LogP contribution in [0.5, 0.6) is 0 Å². The van der Waals surface area contributed by atoms with E-state index in [0.717, 1.165) is 16.5 Å². The van der Waals surface area contributed by atoms with Crippen molar-refractivity contribution in [2.24, 2.45) is 0 Å². The normalized spacial score (nSPS) is 11.1. The van der Waals surface area contributed by atoms with Gasteiger partial charge in [-0.2, -0.15) is 0 Å². The molecule has 0 aliphatic carbocycles. The maximum atomic E-state index is 12.1. The lowest BCUT2D eigenvalue weighted by Crippen LogP contribution is -1.96. The maximum Gasteiger partial charge on any atom is 0.270 e. The Morgan fingerprint density at radius 1 is 1.14 bits per heavy atom. The van der Waals surface area contributed by atoms with E-state index >= 15 is 0 Å². The summed E-state index contributed by atoms with van der Waals surface area (Å²) < 4.78 is 0. The number of para-hydroxylation sites is 1. The molecule has 1 N–H and O–H groups in total. The summed E-state index contributed by atoms with van der Waals surface area (Å²) in [6.45, 7) is 0. The number of nitrogens with one attached hydrogen (secondary N) is 1. The van der Waals surface area contributed by atoms with E-state index in [1.807, 2.05) is 30.5 Å². The van der Waals surface area contributed by atoms with Gasteiger partial charge in [-0.25, -0.2) is 0 Å². The lowest BCUT2D eigenvalue weighted by Gasteiger charge is -1.96. The third kappa shape index (κ3) is 2.64. The standard InChI is InChI=1S/C17H12N2O3/c20-17(12-4-3-5-14(10-12)19(21)22)9-8-13-11-18-16-7-2-1-6-15(13)16/h1-11,18H/b9-8+. The van der Waals surface area contributed by atoms with Crippen molar-refractivity contribution < 1.29 is 9.72 Å². The second-order valence-electron chi connectivity index (χ2n) is 4.79. The molecule has 0 amide bonds. The van der Waals surface area contributed by atoms with Crippen LogP contribution in [0.25, 0.3) is 17.0 Å². The zero-order valence-corrected chi connectivity index (χ0v) is 11.5. The first kappa shape index (κ1) is 13.8. The minimum Gasteiger partial charge on any atom is -0.361 e. The molecule has 22 heavy (non-hydrogen) atoms. The number of aromatic amines is 1. The van der Waals surface area contributed by atoms with Crippen LogP contribution in [0, 0.1) is 10.1 Å². The van der Waals surface area contributed by atoms with Gasteiger partial charge in [0.15, 0.2) is 5.78 Å². The fourth-order valence-electron chi connectivity index (χ4n) is 2.27. The zero-order valence-electron chi connectivity index (χ0n) is 11.5. The molecule has 0 saturated carbocycles. The number of benzene rings is 2. The molecule has 5 heteroatoms. The first-order valence-corrected chi connectivity index (χ1v) is 6.68. The third-order valence-corrected chi connectivity index (χ3v) is 3.38. The molecule has 0 atom stereocenters. The summed E-state index contributed by atoms with van der Waals surface area (Å²) in [5.41, 5.74) is 2.09. The van der Waals surface area contributed by atoms with Crippen molar-refractivity contribution in [2.75, 3.05) is 0 Å². The molecule has 108 valence electrons. The first-order chi connectivity index (χ1) is 10.6. The van der Waals surface area contributed by atoms with Gasteiger partial charge in [-0.05, 0) is 23.8 Å². The summed E-state index contributed by atoms with van der Waals surface area (Å²) in [7, 11) is 0. The molecule has 3 rings (SSSR count). The quantitative estimate of drug-likeness (QED) is 0.342. The Morgan fingerprint density at radius 3 is 2.77 bits per heavy atom. The van der Waals surface area contributed by atoms with Crippen LogP contribution >= 0.6 is 0 Å². The Kier molecular flexibility index (Phi) is 3.53. The summed E-state index contributed by atoms with van der Waals surface area (Å²) in [6, 6.07) is 13.5. The number of allylic oxidation sites excluding steroid dienone is 1. The maximum absolute atomic E-state index is 12.1. The van der Waals surface area contributed by atoms with Gasteiger partial charge in [0.05, 0.1) is 4.92 Å². The van der Waals surface area contributed by atoms with Crippen molar-refractivity contribution in [3.05, 3.63) is 82.0 Å². The van der Waals surface area contributed by atoms with E-state index in [1.165, 1.54) is 24.3 Å². The van der Waals surface area contributed by atoms with Gasteiger partial charge in [0.2, 0.25) is 0 Å². The Balaban J connectivity index is 1.87. The van der Waals surface area contributed by atoms with Crippen LogP contribution in [-0.4, -0.2) is 15.7 Å². The van der Waals surface area contributed by atoms with Gasteiger partial charge in [0, 0.05) is 34.8 Å². The second-order valence-corrected chi connectivity index (χ2v) is 4.79. The number of fused-ring (bicyclic) bond motifs is 1. The molecule has 1 heterocycles. The number of H-pyrrole nitrogens is 1. The Hall–Kier alpha value is -3.21. The Morgan fingerprint density at radius 2 is 1.95 bits per heavy atom. The average molecular weight is 292 g/mol. The van der Waals surface area contributed by atoms with E-state index in [0.29, 0.717) is 5.56 Å². The van der Waals surface area contributed by atoms with Crippen LogP contribution in [0.2, 0.25) is 0 Å². The number of carbonyl (C=O) groups excluding carboxylic acids is 1. The van der Waals surface area contributed by atoms with Gasteiger partial charge in [0.25, 0.3) is 5.69 Å². The van der Waals surface area contributed by atoms with E-state index in [2.05, 4.69) is 4.98 Å². The summed E-state index contributed by atoms with van der Waals surface area (Å²) in [5.74, 6) is -0.269. The lowest BCUT2D eigenvalue weighted by atomic mass is 10.1. The highest BCUT2D eigenvalue weighted by molar-refractivity contribution is 6.08. The molecule has 2 aromatic carbocycles. The fourth-order valence-corrected chi connectivity index (χ4v) is 2.27. The van der Waals surface area contributed by atoms with E-state index in [-0.39, 0.29) is 11.5 Å². The fraction of sp³-hybridized carbons (Fsp3) is 0. The van der Waals surface area contributed by atoms with Gasteiger partial charge in [-0.15, -0.1) is 0 Å². The van der Waals surface area contributed by atoms with Crippen LogP contribution in [0.3, 0.4) is 0 Å². The molecular formula is C17H12N2O3. The third-order valence-electron chi connectivity index (χ3n) is 3.38. The molecular weight excluding hydrogens is 280 g/mol. The molecule has 1 aromatic heterocycles. The monoisotopic (exact) mass is 292 g/mol. The molecule has 0 bridgehead atoms. The minimum atomic E-state index is -0.514. The number of nitro groups is 1. The van der Waals surface area contributed by atoms with Gasteiger partial charge in [-0.3, -0.25) is 14.9 Å². The van der Waals surface area contributed by atoms with Crippen LogP contribution in [-0.2, 0) is 0 Å². The predicted octanol–water partition coefficient (Wildman–Crippen LogP) is 3.97. The van der Waals surface area contributed by atoms with E-state index in [4.69, 9.17) is 0 Å². The van der Waals surface area contributed by atoms with Gasteiger partial charge in [0.1, 0.15) is 0 Å². The summed E-state index contributed by atoms with van der Waals surface area (Å²) in [4.78, 5) is 25.5. The number of rotatable bonds is 4. The van der Waals surface area contributed by atoms with Crippen molar-refractivity contribution in [1.82, 2.24) is 4.98 Å². The molecule has 3 aromatic rings. The van der Waals surface area contributed by atoms with Crippen molar-refractivity contribution >= 4 is 28.4 Å². The summed E-state index contributed by atoms with van der Waals surface area (Å²) in [5, 5.41) is 11.8. The smallest absolute Gasteiger partial charge is 0.270 e. The number of hydrogen-bond donors (Lipinski definition) is 1. The van der Waals surface area contributed by atoms with Crippen LogP contribution < -0.4 is 0 Å². The van der Waals surface area contributed by atoms with E-state index in [9.17, 15) is 14.9 Å². The molecule has 0 spiro atoms. The number of carbonyl (C=O) groups is 1. The highest BCUT2D eigenvalue weighted by Crippen LogP contribution is 2.19. The van der Waals surface area contributed by atoms with Crippen LogP contribution in [0.4, 0.5) is 5.69 Å². The van der Waals surface area contributed by atoms with Crippen LogP contribution in [0.1, 0.15) is 15.9 Å².